The molecule has 0 radical (unpaired) electrons. The first-order chi connectivity index (χ1) is 6.90. The molecule has 1 unspecified atom stereocenters. The summed E-state index contributed by atoms with van der Waals surface area (Å²) in [5, 5.41) is 4.40. The highest BCUT2D eigenvalue weighted by atomic mass is 35.5. The smallest absolute Gasteiger partial charge is 0.0614 e. The van der Waals surface area contributed by atoms with Crippen LogP contribution in [-0.2, 0) is 0 Å². The maximum absolute atomic E-state index is 5.93. The summed E-state index contributed by atoms with van der Waals surface area (Å²) in [4.78, 5) is 0. The van der Waals surface area contributed by atoms with Crippen molar-refractivity contribution in [2.75, 3.05) is 11.1 Å². The lowest BCUT2D eigenvalue weighted by molar-refractivity contribution is 0.631. The van der Waals surface area contributed by atoms with E-state index in [1.54, 1.807) is 12.1 Å². The van der Waals surface area contributed by atoms with E-state index in [9.17, 15) is 0 Å². The zero-order valence-corrected chi connectivity index (χ0v) is 10.3. The lowest BCUT2D eigenvalue weighted by Gasteiger charge is -2.11. The highest BCUT2D eigenvalue weighted by molar-refractivity contribution is 6.42. The summed E-state index contributed by atoms with van der Waals surface area (Å²) < 4.78 is 0. The van der Waals surface area contributed by atoms with Gasteiger partial charge in [-0.2, -0.15) is 0 Å². The van der Waals surface area contributed by atoms with Gasteiger partial charge >= 0.3 is 0 Å². The highest BCUT2D eigenvalue weighted by Gasteiger charge is 2.45. The fourth-order valence-corrected chi connectivity index (χ4v) is 1.92. The van der Waals surface area contributed by atoms with E-state index in [1.807, 2.05) is 0 Å². The molecular weight excluding hydrogens is 231 g/mol. The molecule has 82 valence electrons. The molecule has 2 nitrogen and oxygen atoms in total. The van der Waals surface area contributed by atoms with E-state index < -0.39 is 0 Å². The highest BCUT2D eigenvalue weighted by Crippen LogP contribution is 2.47. The van der Waals surface area contributed by atoms with Gasteiger partial charge in [-0.3, -0.25) is 0 Å². The molecule has 1 aliphatic rings. The number of halogens is 2. The maximum atomic E-state index is 5.93. The van der Waals surface area contributed by atoms with Crippen LogP contribution >= 0.6 is 23.2 Å². The Hall–Kier alpha value is -0.600. The van der Waals surface area contributed by atoms with Crippen LogP contribution in [0.4, 0.5) is 11.4 Å². The molecule has 1 aromatic carbocycles. The van der Waals surface area contributed by atoms with Gasteiger partial charge in [-0.1, -0.05) is 37.0 Å². The first-order valence-corrected chi connectivity index (χ1v) is 5.67. The Morgan fingerprint density at radius 1 is 1.33 bits per heavy atom. The molecule has 0 amide bonds. The molecule has 0 aliphatic heterocycles. The summed E-state index contributed by atoms with van der Waals surface area (Å²) in [7, 11) is 0. The van der Waals surface area contributed by atoms with Crippen LogP contribution in [0.15, 0.2) is 12.1 Å². The Morgan fingerprint density at radius 2 is 1.87 bits per heavy atom. The average molecular weight is 245 g/mol. The van der Waals surface area contributed by atoms with Crippen LogP contribution in [0.1, 0.15) is 20.3 Å². The van der Waals surface area contributed by atoms with Gasteiger partial charge in [0.2, 0.25) is 0 Å². The topological polar surface area (TPSA) is 38.0 Å². The van der Waals surface area contributed by atoms with Gasteiger partial charge in [0, 0.05) is 6.04 Å². The SMILES string of the molecule is CC1(C)CC1Nc1cc(Cl)c(Cl)cc1N. The number of hydrogen-bond acceptors (Lipinski definition) is 2. The van der Waals surface area contributed by atoms with Crippen LogP contribution in [0.2, 0.25) is 10.0 Å². The van der Waals surface area contributed by atoms with Crippen molar-refractivity contribution < 1.29 is 0 Å². The predicted octanol–water partition coefficient (Wildman–Crippen LogP) is 3.79. The molecule has 3 N–H and O–H groups in total. The lowest BCUT2D eigenvalue weighted by atomic mass is 10.2. The number of benzene rings is 1. The minimum absolute atomic E-state index is 0.360. The average Bonchev–Trinajstić information content (AvgIpc) is 2.70. The van der Waals surface area contributed by atoms with E-state index >= 15 is 0 Å². The molecule has 2 rings (SSSR count). The fourth-order valence-electron chi connectivity index (χ4n) is 1.59. The molecule has 0 bridgehead atoms. The van der Waals surface area contributed by atoms with Crippen LogP contribution in [-0.4, -0.2) is 6.04 Å². The van der Waals surface area contributed by atoms with Crippen molar-refractivity contribution in [2.45, 2.75) is 26.3 Å². The van der Waals surface area contributed by atoms with Gasteiger partial charge in [-0.25, -0.2) is 0 Å². The van der Waals surface area contributed by atoms with E-state index in [0.29, 0.717) is 27.2 Å². The molecule has 0 heterocycles. The van der Waals surface area contributed by atoms with E-state index in [2.05, 4.69) is 19.2 Å². The van der Waals surface area contributed by atoms with Crippen LogP contribution in [0, 0.1) is 5.41 Å². The largest absolute Gasteiger partial charge is 0.397 e. The Labute approximate surface area is 99.7 Å². The molecule has 1 aromatic rings. The van der Waals surface area contributed by atoms with Gasteiger partial charge in [0.15, 0.2) is 0 Å². The number of rotatable bonds is 2. The molecule has 0 saturated heterocycles. The van der Waals surface area contributed by atoms with Crippen LogP contribution in [0.5, 0.6) is 0 Å². The van der Waals surface area contributed by atoms with Gasteiger partial charge in [-0.15, -0.1) is 0 Å². The second-order valence-corrected chi connectivity index (χ2v) is 5.56. The number of anilines is 2. The van der Waals surface area contributed by atoms with Crippen molar-refractivity contribution in [3.05, 3.63) is 22.2 Å². The summed E-state index contributed by atoms with van der Waals surface area (Å²) in [6.07, 6.45) is 1.16. The van der Waals surface area contributed by atoms with E-state index in [4.69, 9.17) is 28.9 Å². The Kier molecular flexibility index (Phi) is 2.52. The predicted molar refractivity (Wildman–Crippen MR) is 66.7 cm³/mol. The van der Waals surface area contributed by atoms with Crippen molar-refractivity contribution >= 4 is 34.6 Å². The van der Waals surface area contributed by atoms with Gasteiger partial charge in [0.05, 0.1) is 21.4 Å². The molecule has 1 aliphatic carbocycles. The van der Waals surface area contributed by atoms with E-state index in [0.717, 1.165) is 12.1 Å². The third-order valence-electron chi connectivity index (χ3n) is 2.94. The van der Waals surface area contributed by atoms with Crippen molar-refractivity contribution in [3.8, 4) is 0 Å². The van der Waals surface area contributed by atoms with Crippen molar-refractivity contribution in [1.82, 2.24) is 0 Å². The first kappa shape index (κ1) is 10.9. The molecule has 15 heavy (non-hydrogen) atoms. The fraction of sp³-hybridized carbons (Fsp3) is 0.455. The van der Waals surface area contributed by atoms with Crippen LogP contribution < -0.4 is 11.1 Å². The van der Waals surface area contributed by atoms with E-state index in [-0.39, 0.29) is 0 Å². The quantitative estimate of drug-likeness (QED) is 0.778. The third kappa shape index (κ3) is 2.16. The molecule has 1 saturated carbocycles. The number of nitrogens with two attached hydrogens (primary N) is 1. The van der Waals surface area contributed by atoms with Crippen molar-refractivity contribution in [2.24, 2.45) is 5.41 Å². The lowest BCUT2D eigenvalue weighted by Crippen LogP contribution is -2.10. The third-order valence-corrected chi connectivity index (χ3v) is 3.66. The Bertz CT molecular complexity index is 402. The standard InChI is InChI=1S/C11H14Cl2N2/c1-11(2)5-10(11)15-9-4-7(13)6(12)3-8(9)14/h3-4,10,15H,5,14H2,1-2H3. The van der Waals surface area contributed by atoms with Gasteiger partial charge in [-0.05, 0) is 24.0 Å². The second-order valence-electron chi connectivity index (χ2n) is 4.74. The number of nitrogen functional groups attached to an aromatic ring is 1. The Morgan fingerprint density at radius 3 is 2.40 bits per heavy atom. The summed E-state index contributed by atoms with van der Waals surface area (Å²) >= 11 is 11.8. The number of hydrogen-bond donors (Lipinski definition) is 2. The monoisotopic (exact) mass is 244 g/mol. The summed E-state index contributed by atoms with van der Waals surface area (Å²) in [6, 6.07) is 3.95. The van der Waals surface area contributed by atoms with Crippen molar-refractivity contribution in [3.63, 3.8) is 0 Å². The summed E-state index contributed by atoms with van der Waals surface area (Å²) in [5.74, 6) is 0. The minimum atomic E-state index is 0.360. The second kappa shape index (κ2) is 3.46. The molecule has 1 fully saturated rings. The zero-order chi connectivity index (χ0) is 11.2. The van der Waals surface area contributed by atoms with Crippen LogP contribution in [0.25, 0.3) is 0 Å². The number of nitrogens with one attached hydrogen (secondary N) is 1. The first-order valence-electron chi connectivity index (χ1n) is 4.91. The van der Waals surface area contributed by atoms with Gasteiger partial charge in [0.1, 0.15) is 0 Å². The van der Waals surface area contributed by atoms with Gasteiger partial charge in [0.25, 0.3) is 0 Å². The minimum Gasteiger partial charge on any atom is -0.397 e. The maximum Gasteiger partial charge on any atom is 0.0614 e. The molecule has 1 atom stereocenters. The molecule has 0 spiro atoms. The Balaban J connectivity index is 2.19. The van der Waals surface area contributed by atoms with Gasteiger partial charge < -0.3 is 11.1 Å². The van der Waals surface area contributed by atoms with E-state index in [1.165, 1.54) is 0 Å². The summed E-state index contributed by atoms with van der Waals surface area (Å²) in [5.41, 5.74) is 7.73. The summed E-state index contributed by atoms with van der Waals surface area (Å²) in [6.45, 7) is 4.44. The van der Waals surface area contributed by atoms with Crippen molar-refractivity contribution in [1.29, 1.82) is 0 Å². The molecular formula is C11H14Cl2N2. The van der Waals surface area contributed by atoms with Crippen LogP contribution in [0.3, 0.4) is 0 Å². The molecule has 4 heteroatoms. The zero-order valence-electron chi connectivity index (χ0n) is 8.77. The molecule has 0 aromatic heterocycles. The normalized spacial score (nSPS) is 22.5.